The van der Waals surface area contributed by atoms with Gasteiger partial charge in [-0.25, -0.2) is 4.79 Å². The van der Waals surface area contributed by atoms with Crippen LogP contribution >= 0.6 is 0 Å². The molecule has 0 aromatic heterocycles. The van der Waals surface area contributed by atoms with Crippen LogP contribution in [0.1, 0.15) is 25.7 Å². The molecule has 3 nitrogen and oxygen atoms in total. The fourth-order valence-electron chi connectivity index (χ4n) is 1.92. The van der Waals surface area contributed by atoms with Gasteiger partial charge >= 0.3 is 5.97 Å². The molecule has 0 aromatic rings. The lowest BCUT2D eigenvalue weighted by atomic mass is 9.93. The van der Waals surface area contributed by atoms with Crippen LogP contribution in [-0.2, 0) is 9.53 Å². The van der Waals surface area contributed by atoms with Crippen molar-refractivity contribution in [1.29, 1.82) is 0 Å². The van der Waals surface area contributed by atoms with Crippen LogP contribution < -0.4 is 0 Å². The number of carbonyl (C=O) groups excluding carboxylic acids is 1. The molecule has 2 aliphatic rings. The van der Waals surface area contributed by atoms with E-state index >= 15 is 0 Å². The molecule has 0 atom stereocenters. The highest BCUT2D eigenvalue weighted by atomic mass is 16.5. The first kappa shape index (κ1) is 7.80. The summed E-state index contributed by atoms with van der Waals surface area (Å²) in [4.78, 5) is 10.7. The minimum atomic E-state index is -0.730. The van der Waals surface area contributed by atoms with Crippen LogP contribution in [0.4, 0.5) is 0 Å². The molecule has 0 unspecified atom stereocenters. The average Bonchev–Trinajstić information content (AvgIpc) is 2.59. The van der Waals surface area contributed by atoms with Crippen LogP contribution in [0.25, 0.3) is 0 Å². The molecule has 3 heteroatoms. The van der Waals surface area contributed by atoms with Gasteiger partial charge in [0.25, 0.3) is 0 Å². The Labute approximate surface area is 71.0 Å². The lowest BCUT2D eigenvalue weighted by Crippen LogP contribution is -2.27. The first-order valence-corrected chi connectivity index (χ1v) is 4.31. The van der Waals surface area contributed by atoms with Crippen molar-refractivity contribution in [2.24, 2.45) is 0 Å². The third-order valence-electron chi connectivity index (χ3n) is 2.69. The number of carbonyl (C=O) groups is 1. The molecule has 0 bridgehead atoms. The molecule has 0 amide bonds. The van der Waals surface area contributed by atoms with E-state index < -0.39 is 5.60 Å². The molecule has 1 fully saturated rings. The van der Waals surface area contributed by atoms with Crippen molar-refractivity contribution in [3.8, 4) is 0 Å². The van der Waals surface area contributed by atoms with Crippen LogP contribution in [0.2, 0.25) is 0 Å². The monoisotopic (exact) mass is 168 g/mol. The van der Waals surface area contributed by atoms with Gasteiger partial charge in [-0.05, 0) is 12.8 Å². The fourth-order valence-corrected chi connectivity index (χ4v) is 1.92. The van der Waals surface area contributed by atoms with E-state index in [2.05, 4.69) is 0 Å². The second kappa shape index (κ2) is 2.59. The third kappa shape index (κ3) is 1.14. The molecule has 66 valence electrons. The summed E-state index contributed by atoms with van der Waals surface area (Å²) in [5, 5.41) is 10.0. The van der Waals surface area contributed by atoms with Crippen molar-refractivity contribution in [1.82, 2.24) is 0 Å². The Kier molecular flexibility index (Phi) is 1.68. The summed E-state index contributed by atoms with van der Waals surface area (Å²) in [5.74, 6) is -0.315. The van der Waals surface area contributed by atoms with Crippen LogP contribution in [0.5, 0.6) is 0 Å². The summed E-state index contributed by atoms with van der Waals surface area (Å²) in [5.41, 5.74) is 0.0385. The lowest BCUT2D eigenvalue weighted by molar-refractivity contribution is -0.135. The summed E-state index contributed by atoms with van der Waals surface area (Å²) in [6.07, 6.45) is 5.07. The van der Waals surface area contributed by atoms with E-state index in [9.17, 15) is 9.90 Å². The van der Waals surface area contributed by atoms with E-state index in [0.717, 1.165) is 31.3 Å². The molecule has 0 saturated heterocycles. The molecule has 1 heterocycles. The second-order valence-electron chi connectivity index (χ2n) is 3.52. The SMILES string of the molecule is O=C1C=C(C2(O)CCCC2)CO1. The molecular formula is C9H12O3. The van der Waals surface area contributed by atoms with Gasteiger partial charge in [-0.3, -0.25) is 0 Å². The number of hydrogen-bond acceptors (Lipinski definition) is 3. The highest BCUT2D eigenvalue weighted by Gasteiger charge is 2.37. The van der Waals surface area contributed by atoms with Crippen LogP contribution in [-0.4, -0.2) is 23.3 Å². The summed E-state index contributed by atoms with van der Waals surface area (Å²) < 4.78 is 4.75. The third-order valence-corrected chi connectivity index (χ3v) is 2.69. The zero-order valence-electron chi connectivity index (χ0n) is 6.88. The number of ether oxygens (including phenoxy) is 1. The topological polar surface area (TPSA) is 46.5 Å². The van der Waals surface area contributed by atoms with Crippen LogP contribution in [0.3, 0.4) is 0 Å². The molecule has 0 spiro atoms. The number of aliphatic hydroxyl groups is 1. The zero-order valence-corrected chi connectivity index (χ0v) is 6.88. The van der Waals surface area contributed by atoms with Crippen molar-refractivity contribution in [3.05, 3.63) is 11.6 Å². The Hall–Kier alpha value is -0.830. The number of rotatable bonds is 1. The van der Waals surface area contributed by atoms with Crippen LogP contribution in [0.15, 0.2) is 11.6 Å². The Morgan fingerprint density at radius 2 is 2.08 bits per heavy atom. The highest BCUT2D eigenvalue weighted by Crippen LogP contribution is 2.36. The van der Waals surface area contributed by atoms with Crippen molar-refractivity contribution >= 4 is 5.97 Å². The van der Waals surface area contributed by atoms with E-state index in [1.165, 1.54) is 6.08 Å². The van der Waals surface area contributed by atoms with Gasteiger partial charge in [0.2, 0.25) is 0 Å². The van der Waals surface area contributed by atoms with E-state index in [1.54, 1.807) is 0 Å². The maximum absolute atomic E-state index is 10.7. The largest absolute Gasteiger partial charge is 0.458 e. The second-order valence-corrected chi connectivity index (χ2v) is 3.52. The van der Waals surface area contributed by atoms with Gasteiger partial charge in [-0.15, -0.1) is 0 Å². The molecule has 2 rings (SSSR count). The Morgan fingerprint density at radius 1 is 1.42 bits per heavy atom. The lowest BCUT2D eigenvalue weighted by Gasteiger charge is -2.22. The van der Waals surface area contributed by atoms with Gasteiger partial charge in [0.05, 0.1) is 5.60 Å². The van der Waals surface area contributed by atoms with Gasteiger partial charge < -0.3 is 9.84 Å². The molecular weight excluding hydrogens is 156 g/mol. The molecule has 0 aromatic carbocycles. The van der Waals surface area contributed by atoms with Gasteiger partial charge in [-0.1, -0.05) is 12.8 Å². The molecule has 1 aliphatic heterocycles. The van der Waals surface area contributed by atoms with Gasteiger partial charge in [-0.2, -0.15) is 0 Å². The molecule has 1 N–H and O–H groups in total. The maximum atomic E-state index is 10.7. The quantitative estimate of drug-likeness (QED) is 0.588. The standard InChI is InChI=1S/C9H12O3/c10-8-5-7(6-12-8)9(11)3-1-2-4-9/h5,11H,1-4,6H2. The summed E-state index contributed by atoms with van der Waals surface area (Å²) in [7, 11) is 0. The predicted molar refractivity (Wildman–Crippen MR) is 42.5 cm³/mol. The normalized spacial score (nSPS) is 27.1. The van der Waals surface area contributed by atoms with E-state index in [-0.39, 0.29) is 12.6 Å². The van der Waals surface area contributed by atoms with E-state index in [4.69, 9.17) is 4.74 Å². The molecule has 1 saturated carbocycles. The molecule has 0 radical (unpaired) electrons. The van der Waals surface area contributed by atoms with E-state index in [1.807, 2.05) is 0 Å². The minimum absolute atomic E-state index is 0.287. The van der Waals surface area contributed by atoms with Gasteiger partial charge in [0, 0.05) is 11.6 Å². The summed E-state index contributed by atoms with van der Waals surface area (Å²) in [6, 6.07) is 0. The van der Waals surface area contributed by atoms with Crippen molar-refractivity contribution in [2.75, 3.05) is 6.61 Å². The van der Waals surface area contributed by atoms with Crippen LogP contribution in [0, 0.1) is 0 Å². The van der Waals surface area contributed by atoms with Gasteiger partial charge in [0.1, 0.15) is 6.61 Å². The van der Waals surface area contributed by atoms with Crippen molar-refractivity contribution in [3.63, 3.8) is 0 Å². The smallest absolute Gasteiger partial charge is 0.331 e. The van der Waals surface area contributed by atoms with Crippen molar-refractivity contribution in [2.45, 2.75) is 31.3 Å². The van der Waals surface area contributed by atoms with E-state index in [0.29, 0.717) is 0 Å². The average molecular weight is 168 g/mol. The molecule has 1 aliphatic carbocycles. The Morgan fingerprint density at radius 3 is 2.58 bits per heavy atom. The fraction of sp³-hybridized carbons (Fsp3) is 0.667. The zero-order chi connectivity index (χ0) is 8.60. The van der Waals surface area contributed by atoms with Gasteiger partial charge in [0.15, 0.2) is 0 Å². The molecule has 12 heavy (non-hydrogen) atoms. The first-order chi connectivity index (χ1) is 5.71. The summed E-state index contributed by atoms with van der Waals surface area (Å²) >= 11 is 0. The first-order valence-electron chi connectivity index (χ1n) is 4.31. The highest BCUT2D eigenvalue weighted by molar-refractivity contribution is 5.85. The number of hydrogen-bond donors (Lipinski definition) is 1. The number of cyclic esters (lactones) is 1. The Bertz CT molecular complexity index is 236. The predicted octanol–water partition coefficient (Wildman–Crippen LogP) is 0.775. The maximum Gasteiger partial charge on any atom is 0.331 e. The Balaban J connectivity index is 2.18. The summed E-state index contributed by atoms with van der Waals surface area (Å²) in [6.45, 7) is 0.287. The van der Waals surface area contributed by atoms with Crippen molar-refractivity contribution < 1.29 is 14.6 Å². The minimum Gasteiger partial charge on any atom is -0.458 e. The number of esters is 1.